The van der Waals surface area contributed by atoms with E-state index in [1.54, 1.807) is 0 Å². The smallest absolute Gasteiger partial charge is 0.0123 e. The third kappa shape index (κ3) is 2.94. The van der Waals surface area contributed by atoms with Crippen LogP contribution in [0.25, 0.3) is 22.3 Å². The average Bonchev–Trinajstić information content (AvgIpc) is 2.54. The molecular formula is C23H24. The van der Waals surface area contributed by atoms with Crippen molar-refractivity contribution in [1.29, 1.82) is 0 Å². The molecule has 0 bridgehead atoms. The highest BCUT2D eigenvalue weighted by Gasteiger charge is 2.10. The molecule has 0 saturated carbocycles. The van der Waals surface area contributed by atoms with Crippen molar-refractivity contribution in [3.8, 4) is 22.3 Å². The third-order valence-electron chi connectivity index (χ3n) is 4.91. The number of benzene rings is 3. The maximum Gasteiger partial charge on any atom is -0.0123 e. The van der Waals surface area contributed by atoms with Crippen molar-refractivity contribution in [1.82, 2.24) is 0 Å². The zero-order chi connectivity index (χ0) is 16.6. The van der Waals surface area contributed by atoms with Crippen molar-refractivity contribution in [2.24, 2.45) is 0 Å². The fourth-order valence-electron chi connectivity index (χ4n) is 3.30. The van der Waals surface area contributed by atoms with Gasteiger partial charge in [-0.15, -0.1) is 0 Å². The van der Waals surface area contributed by atoms with Crippen molar-refractivity contribution in [2.45, 2.75) is 34.6 Å². The SMILES string of the molecule is Cc1ccc(-c2ccc(-c3c(C)cc(C)c(C)c3C)cc2)cc1. The van der Waals surface area contributed by atoms with Crippen LogP contribution in [0.15, 0.2) is 54.6 Å². The van der Waals surface area contributed by atoms with Crippen LogP contribution in [0.5, 0.6) is 0 Å². The zero-order valence-electron chi connectivity index (χ0n) is 14.7. The number of aryl methyl sites for hydroxylation is 3. The summed E-state index contributed by atoms with van der Waals surface area (Å²) < 4.78 is 0. The second-order valence-electron chi connectivity index (χ2n) is 6.58. The molecule has 23 heavy (non-hydrogen) atoms. The summed E-state index contributed by atoms with van der Waals surface area (Å²) in [6, 6.07) is 20.0. The Labute approximate surface area is 139 Å². The normalized spacial score (nSPS) is 10.8. The van der Waals surface area contributed by atoms with Crippen LogP contribution in [-0.2, 0) is 0 Å². The first-order valence-corrected chi connectivity index (χ1v) is 8.22. The van der Waals surface area contributed by atoms with Gasteiger partial charge in [0.25, 0.3) is 0 Å². The summed E-state index contributed by atoms with van der Waals surface area (Å²) in [6.45, 7) is 11.0. The van der Waals surface area contributed by atoms with Crippen molar-refractivity contribution in [3.05, 3.63) is 82.4 Å². The molecule has 0 fully saturated rings. The van der Waals surface area contributed by atoms with E-state index in [0.29, 0.717) is 0 Å². The highest BCUT2D eigenvalue weighted by molar-refractivity contribution is 5.75. The van der Waals surface area contributed by atoms with Gasteiger partial charge in [0.1, 0.15) is 0 Å². The largest absolute Gasteiger partial charge is 0.0587 e. The first kappa shape index (κ1) is 15.6. The fraction of sp³-hybridized carbons (Fsp3) is 0.217. The van der Waals surface area contributed by atoms with Crippen LogP contribution in [0.3, 0.4) is 0 Å². The summed E-state index contributed by atoms with van der Waals surface area (Å²) in [7, 11) is 0. The second-order valence-corrected chi connectivity index (χ2v) is 6.58. The Balaban J connectivity index is 2.03. The lowest BCUT2D eigenvalue weighted by atomic mass is 9.89. The van der Waals surface area contributed by atoms with Crippen LogP contribution in [0.2, 0.25) is 0 Å². The van der Waals surface area contributed by atoms with Gasteiger partial charge in [-0.3, -0.25) is 0 Å². The molecule has 3 rings (SSSR count). The lowest BCUT2D eigenvalue weighted by Gasteiger charge is -2.16. The van der Waals surface area contributed by atoms with Gasteiger partial charge < -0.3 is 0 Å². The molecule has 0 unspecified atom stereocenters. The van der Waals surface area contributed by atoms with Gasteiger partial charge in [0, 0.05) is 0 Å². The first-order chi connectivity index (χ1) is 11.0. The Hall–Kier alpha value is -2.34. The first-order valence-electron chi connectivity index (χ1n) is 8.22. The van der Waals surface area contributed by atoms with E-state index < -0.39 is 0 Å². The molecule has 0 aromatic heterocycles. The molecule has 0 aliphatic rings. The van der Waals surface area contributed by atoms with Crippen molar-refractivity contribution >= 4 is 0 Å². The van der Waals surface area contributed by atoms with Crippen molar-refractivity contribution < 1.29 is 0 Å². The molecule has 0 N–H and O–H groups in total. The molecule has 0 spiro atoms. The minimum Gasteiger partial charge on any atom is -0.0587 e. The molecular weight excluding hydrogens is 276 g/mol. The van der Waals surface area contributed by atoms with E-state index in [1.165, 1.54) is 50.1 Å². The van der Waals surface area contributed by atoms with Crippen LogP contribution in [0.4, 0.5) is 0 Å². The second kappa shape index (κ2) is 6.04. The van der Waals surface area contributed by atoms with Crippen LogP contribution in [0.1, 0.15) is 27.8 Å². The summed E-state index contributed by atoms with van der Waals surface area (Å²) in [5.74, 6) is 0. The maximum absolute atomic E-state index is 2.30. The minimum absolute atomic E-state index is 1.27. The van der Waals surface area contributed by atoms with Crippen molar-refractivity contribution in [2.75, 3.05) is 0 Å². The number of hydrogen-bond donors (Lipinski definition) is 0. The van der Waals surface area contributed by atoms with Crippen LogP contribution in [-0.4, -0.2) is 0 Å². The van der Waals surface area contributed by atoms with E-state index in [0.717, 1.165) is 0 Å². The van der Waals surface area contributed by atoms with E-state index in [2.05, 4.69) is 89.2 Å². The Kier molecular flexibility index (Phi) is 4.09. The minimum atomic E-state index is 1.27. The molecule has 116 valence electrons. The maximum atomic E-state index is 2.30. The van der Waals surface area contributed by atoms with Gasteiger partial charge in [0.15, 0.2) is 0 Å². The van der Waals surface area contributed by atoms with Gasteiger partial charge in [0.2, 0.25) is 0 Å². The molecule has 3 aromatic rings. The molecule has 0 amide bonds. The molecule has 0 heterocycles. The van der Waals surface area contributed by atoms with Gasteiger partial charge in [0.05, 0.1) is 0 Å². The monoisotopic (exact) mass is 300 g/mol. The molecule has 0 saturated heterocycles. The molecule has 0 nitrogen and oxygen atoms in total. The lowest BCUT2D eigenvalue weighted by molar-refractivity contribution is 1.24. The zero-order valence-corrected chi connectivity index (χ0v) is 14.7. The van der Waals surface area contributed by atoms with E-state index in [4.69, 9.17) is 0 Å². The molecule has 0 aliphatic heterocycles. The summed E-state index contributed by atoms with van der Waals surface area (Å²) in [5.41, 5.74) is 12.0. The van der Waals surface area contributed by atoms with Gasteiger partial charge in [-0.05, 0) is 79.1 Å². The summed E-state index contributed by atoms with van der Waals surface area (Å²) >= 11 is 0. The molecule has 0 radical (unpaired) electrons. The molecule has 3 aromatic carbocycles. The predicted octanol–water partition coefficient (Wildman–Crippen LogP) is 6.56. The van der Waals surface area contributed by atoms with Gasteiger partial charge in [-0.25, -0.2) is 0 Å². The lowest BCUT2D eigenvalue weighted by Crippen LogP contribution is -1.95. The van der Waals surface area contributed by atoms with Crippen LogP contribution >= 0.6 is 0 Å². The molecule has 0 atom stereocenters. The van der Waals surface area contributed by atoms with Crippen LogP contribution in [0, 0.1) is 34.6 Å². The van der Waals surface area contributed by atoms with E-state index in [-0.39, 0.29) is 0 Å². The summed E-state index contributed by atoms with van der Waals surface area (Å²) in [5, 5.41) is 0. The Morgan fingerprint density at radius 1 is 0.478 bits per heavy atom. The Bertz CT molecular complexity index is 835. The fourth-order valence-corrected chi connectivity index (χ4v) is 3.30. The van der Waals surface area contributed by atoms with E-state index >= 15 is 0 Å². The highest BCUT2D eigenvalue weighted by atomic mass is 14.1. The predicted molar refractivity (Wildman–Crippen MR) is 101 cm³/mol. The quantitative estimate of drug-likeness (QED) is 0.502. The highest BCUT2D eigenvalue weighted by Crippen LogP contribution is 2.32. The van der Waals surface area contributed by atoms with Gasteiger partial charge in [-0.1, -0.05) is 60.2 Å². The summed E-state index contributed by atoms with van der Waals surface area (Å²) in [4.78, 5) is 0. The Morgan fingerprint density at radius 3 is 1.52 bits per heavy atom. The van der Waals surface area contributed by atoms with E-state index in [1.807, 2.05) is 0 Å². The molecule has 0 heteroatoms. The number of hydrogen-bond acceptors (Lipinski definition) is 0. The summed E-state index contributed by atoms with van der Waals surface area (Å²) in [6.07, 6.45) is 0. The average molecular weight is 300 g/mol. The number of rotatable bonds is 2. The third-order valence-corrected chi connectivity index (χ3v) is 4.91. The van der Waals surface area contributed by atoms with Gasteiger partial charge >= 0.3 is 0 Å². The standard InChI is InChI=1S/C23H24/c1-15-6-8-20(9-7-15)21-10-12-22(13-11-21)23-17(3)14-16(2)18(4)19(23)5/h6-14H,1-5H3. The topological polar surface area (TPSA) is 0 Å². The van der Waals surface area contributed by atoms with Crippen LogP contribution < -0.4 is 0 Å². The Morgan fingerprint density at radius 2 is 0.957 bits per heavy atom. The van der Waals surface area contributed by atoms with E-state index in [9.17, 15) is 0 Å². The molecule has 0 aliphatic carbocycles. The van der Waals surface area contributed by atoms with Crippen molar-refractivity contribution in [3.63, 3.8) is 0 Å². The van der Waals surface area contributed by atoms with Gasteiger partial charge in [-0.2, -0.15) is 0 Å².